The summed E-state index contributed by atoms with van der Waals surface area (Å²) < 4.78 is 5.41. The van der Waals surface area contributed by atoms with E-state index in [0.717, 1.165) is 70.3 Å². The lowest BCUT2D eigenvalue weighted by Crippen LogP contribution is -2.36. The number of carbonyl (C=O) groups is 1. The van der Waals surface area contributed by atoms with Crippen LogP contribution >= 0.6 is 0 Å². The largest absolute Gasteiger partial charge is 0.378 e. The fraction of sp³-hybridized carbons (Fsp3) is 0.476. The molecule has 2 aliphatic rings. The van der Waals surface area contributed by atoms with Crippen LogP contribution in [-0.2, 0) is 9.53 Å². The van der Waals surface area contributed by atoms with Gasteiger partial charge in [-0.3, -0.25) is 4.79 Å². The molecule has 2 aromatic rings. The van der Waals surface area contributed by atoms with Gasteiger partial charge in [-0.15, -0.1) is 0 Å². The first-order valence-corrected chi connectivity index (χ1v) is 10.3. The predicted molar refractivity (Wildman–Crippen MR) is 114 cm³/mol. The normalized spacial score (nSPS) is 16.9. The van der Waals surface area contributed by atoms with E-state index in [9.17, 15) is 4.79 Å². The van der Waals surface area contributed by atoms with Crippen LogP contribution < -0.4 is 15.5 Å². The van der Waals surface area contributed by atoms with Crippen LogP contribution in [0.1, 0.15) is 19.3 Å². The van der Waals surface area contributed by atoms with E-state index in [2.05, 4.69) is 37.6 Å². The summed E-state index contributed by atoms with van der Waals surface area (Å²) >= 11 is 0. The predicted octanol–water partition coefficient (Wildman–Crippen LogP) is 2.48. The summed E-state index contributed by atoms with van der Waals surface area (Å²) in [6.45, 7) is 5.88. The fourth-order valence-corrected chi connectivity index (χ4v) is 3.65. The molecule has 4 rings (SSSR count). The molecule has 0 bridgehead atoms. The zero-order valence-corrected chi connectivity index (χ0v) is 16.6. The minimum atomic E-state index is 0.276. The van der Waals surface area contributed by atoms with Crippen LogP contribution in [0.25, 0.3) is 0 Å². The maximum Gasteiger partial charge on any atom is 0.229 e. The van der Waals surface area contributed by atoms with E-state index in [-0.39, 0.29) is 5.91 Å². The Hall–Kier alpha value is -2.87. The smallest absolute Gasteiger partial charge is 0.229 e. The summed E-state index contributed by atoms with van der Waals surface area (Å²) in [6, 6.07) is 10.2. The first-order valence-electron chi connectivity index (χ1n) is 10.3. The lowest BCUT2D eigenvalue weighted by atomic mass is 10.2. The summed E-state index contributed by atoms with van der Waals surface area (Å²) in [7, 11) is 0. The van der Waals surface area contributed by atoms with Crippen molar-refractivity contribution in [2.75, 3.05) is 61.5 Å². The highest BCUT2D eigenvalue weighted by Crippen LogP contribution is 2.21. The summed E-state index contributed by atoms with van der Waals surface area (Å²) in [5.74, 6) is 1.61. The molecular formula is C21H28N6O2. The minimum Gasteiger partial charge on any atom is -0.378 e. The van der Waals surface area contributed by atoms with Crippen molar-refractivity contribution in [2.45, 2.75) is 19.3 Å². The number of hydrogen-bond acceptors (Lipinski definition) is 7. The maximum atomic E-state index is 11.6. The Morgan fingerprint density at radius 1 is 1.07 bits per heavy atom. The zero-order chi connectivity index (χ0) is 19.9. The number of aromatic nitrogens is 2. The van der Waals surface area contributed by atoms with Crippen molar-refractivity contribution in [3.8, 4) is 0 Å². The molecule has 2 saturated heterocycles. The van der Waals surface area contributed by atoms with Crippen molar-refractivity contribution in [1.29, 1.82) is 0 Å². The van der Waals surface area contributed by atoms with Crippen molar-refractivity contribution in [1.82, 2.24) is 14.9 Å². The van der Waals surface area contributed by atoms with Crippen LogP contribution in [0.4, 0.5) is 23.1 Å². The van der Waals surface area contributed by atoms with Gasteiger partial charge in [-0.1, -0.05) is 0 Å². The van der Waals surface area contributed by atoms with Crippen LogP contribution in [0.5, 0.6) is 0 Å². The Labute approximate surface area is 171 Å². The third-order valence-electron chi connectivity index (χ3n) is 5.24. The number of ether oxygens (including phenoxy) is 1. The van der Waals surface area contributed by atoms with E-state index in [1.165, 1.54) is 5.69 Å². The van der Waals surface area contributed by atoms with E-state index in [1.54, 1.807) is 6.20 Å². The summed E-state index contributed by atoms with van der Waals surface area (Å²) in [5.41, 5.74) is 2.15. The van der Waals surface area contributed by atoms with Gasteiger partial charge in [-0.25, -0.2) is 4.98 Å². The van der Waals surface area contributed by atoms with Crippen LogP contribution in [-0.4, -0.2) is 66.7 Å². The average molecular weight is 396 g/mol. The lowest BCUT2D eigenvalue weighted by Gasteiger charge is -2.28. The third-order valence-corrected chi connectivity index (χ3v) is 5.24. The molecule has 1 aromatic heterocycles. The van der Waals surface area contributed by atoms with Crippen molar-refractivity contribution in [3.05, 3.63) is 36.5 Å². The number of anilines is 4. The zero-order valence-electron chi connectivity index (χ0n) is 16.6. The highest BCUT2D eigenvalue weighted by atomic mass is 16.5. The lowest BCUT2D eigenvalue weighted by molar-refractivity contribution is -0.127. The minimum absolute atomic E-state index is 0.276. The highest BCUT2D eigenvalue weighted by Gasteiger charge is 2.18. The average Bonchev–Trinajstić information content (AvgIpc) is 3.17. The van der Waals surface area contributed by atoms with Crippen molar-refractivity contribution in [3.63, 3.8) is 0 Å². The number of nitrogens with zero attached hydrogens (tertiary/aromatic N) is 4. The van der Waals surface area contributed by atoms with Crippen molar-refractivity contribution >= 4 is 29.0 Å². The molecule has 0 unspecified atom stereocenters. The molecule has 2 aliphatic heterocycles. The second-order valence-electron chi connectivity index (χ2n) is 7.30. The number of hydrogen-bond donors (Lipinski definition) is 2. The van der Waals surface area contributed by atoms with Gasteiger partial charge in [0.15, 0.2) is 0 Å². The number of carbonyl (C=O) groups excluding carboxylic acids is 1. The van der Waals surface area contributed by atoms with Crippen LogP contribution in [0.2, 0.25) is 0 Å². The molecule has 1 amide bonds. The van der Waals surface area contributed by atoms with Gasteiger partial charge in [0.2, 0.25) is 11.9 Å². The van der Waals surface area contributed by atoms with E-state index in [1.807, 2.05) is 23.1 Å². The van der Waals surface area contributed by atoms with E-state index >= 15 is 0 Å². The fourth-order valence-electron chi connectivity index (χ4n) is 3.65. The molecule has 0 aliphatic carbocycles. The molecule has 2 fully saturated rings. The standard InChI is InChI=1S/C21H28N6O2/c28-20-3-1-11-27(20)12-2-9-22-19-8-10-23-21(25-19)24-17-4-6-18(7-5-17)26-13-15-29-16-14-26/h4-8,10H,1-3,9,11-16H2,(H2,22,23,24,25). The molecule has 3 heterocycles. The van der Waals surface area contributed by atoms with Crippen LogP contribution in [0.15, 0.2) is 36.5 Å². The highest BCUT2D eigenvalue weighted by molar-refractivity contribution is 5.78. The maximum absolute atomic E-state index is 11.6. The molecular weight excluding hydrogens is 368 g/mol. The summed E-state index contributed by atoms with van der Waals surface area (Å²) in [5, 5.41) is 6.57. The number of benzene rings is 1. The Morgan fingerprint density at radius 2 is 1.90 bits per heavy atom. The van der Waals surface area contributed by atoms with Gasteiger partial charge in [-0.05, 0) is 43.2 Å². The van der Waals surface area contributed by atoms with Gasteiger partial charge in [-0.2, -0.15) is 4.98 Å². The van der Waals surface area contributed by atoms with Gasteiger partial charge in [0.1, 0.15) is 5.82 Å². The molecule has 8 nitrogen and oxygen atoms in total. The molecule has 1 aromatic carbocycles. The van der Waals surface area contributed by atoms with E-state index in [0.29, 0.717) is 12.4 Å². The number of amides is 1. The van der Waals surface area contributed by atoms with Gasteiger partial charge < -0.3 is 25.2 Å². The molecule has 0 atom stereocenters. The Balaban J connectivity index is 1.26. The molecule has 0 radical (unpaired) electrons. The third kappa shape index (κ3) is 5.35. The Kier molecular flexibility index (Phi) is 6.41. The molecule has 2 N–H and O–H groups in total. The molecule has 0 saturated carbocycles. The van der Waals surface area contributed by atoms with Crippen LogP contribution in [0, 0.1) is 0 Å². The van der Waals surface area contributed by atoms with Gasteiger partial charge in [0.05, 0.1) is 13.2 Å². The van der Waals surface area contributed by atoms with Crippen molar-refractivity contribution < 1.29 is 9.53 Å². The number of morpholine rings is 1. The monoisotopic (exact) mass is 396 g/mol. The Morgan fingerprint density at radius 3 is 2.66 bits per heavy atom. The second-order valence-corrected chi connectivity index (χ2v) is 7.30. The summed E-state index contributed by atoms with van der Waals surface area (Å²) in [6.07, 6.45) is 4.33. The number of likely N-dealkylation sites (tertiary alicyclic amines) is 1. The Bertz CT molecular complexity index is 807. The topological polar surface area (TPSA) is 82.6 Å². The van der Waals surface area contributed by atoms with E-state index in [4.69, 9.17) is 4.74 Å². The van der Waals surface area contributed by atoms with Gasteiger partial charge in [0.25, 0.3) is 0 Å². The van der Waals surface area contributed by atoms with Gasteiger partial charge in [0, 0.05) is 56.7 Å². The molecule has 0 spiro atoms. The number of rotatable bonds is 8. The molecule has 29 heavy (non-hydrogen) atoms. The van der Waals surface area contributed by atoms with Crippen LogP contribution in [0.3, 0.4) is 0 Å². The first kappa shape index (κ1) is 19.4. The molecule has 8 heteroatoms. The SMILES string of the molecule is O=C1CCCN1CCCNc1ccnc(Nc2ccc(N3CCOCC3)cc2)n1. The van der Waals surface area contributed by atoms with Crippen molar-refractivity contribution in [2.24, 2.45) is 0 Å². The van der Waals surface area contributed by atoms with Gasteiger partial charge >= 0.3 is 0 Å². The quantitative estimate of drug-likeness (QED) is 0.663. The first-order chi connectivity index (χ1) is 14.3. The molecule has 154 valence electrons. The van der Waals surface area contributed by atoms with E-state index < -0.39 is 0 Å². The summed E-state index contributed by atoms with van der Waals surface area (Å²) in [4.78, 5) is 24.7. The number of nitrogens with one attached hydrogen (secondary N) is 2. The second kappa shape index (κ2) is 9.56.